The van der Waals surface area contributed by atoms with Crippen LogP contribution in [0.2, 0.25) is 10.0 Å². The molecule has 0 unspecified atom stereocenters. The van der Waals surface area contributed by atoms with Crippen LogP contribution in [0.25, 0.3) is 11.1 Å². The van der Waals surface area contributed by atoms with Gasteiger partial charge < -0.3 is 4.74 Å². The van der Waals surface area contributed by atoms with E-state index < -0.39 is 6.10 Å². The molecule has 2 atom stereocenters. The minimum Gasteiger partial charge on any atom is -0.453 e. The third-order valence-electron chi connectivity index (χ3n) is 3.91. The predicted molar refractivity (Wildman–Crippen MR) is 85.8 cm³/mol. The van der Waals surface area contributed by atoms with Crippen molar-refractivity contribution in [1.29, 1.82) is 0 Å². The van der Waals surface area contributed by atoms with Crippen molar-refractivity contribution in [2.75, 3.05) is 0 Å². The lowest BCUT2D eigenvalue weighted by atomic mass is 9.89. The molecule has 114 valence electrons. The fourth-order valence-electron chi connectivity index (χ4n) is 2.60. The molecule has 1 fully saturated rings. The summed E-state index contributed by atoms with van der Waals surface area (Å²) in [7, 11) is 1.83. The first-order valence-corrected chi connectivity index (χ1v) is 7.52. The maximum atomic E-state index is 11.8. The molecule has 1 aromatic heterocycles. The van der Waals surface area contributed by atoms with Gasteiger partial charge in [0.2, 0.25) is 0 Å². The van der Waals surface area contributed by atoms with Crippen molar-refractivity contribution in [2.24, 2.45) is 13.0 Å². The highest BCUT2D eigenvalue weighted by Crippen LogP contribution is 2.44. The van der Waals surface area contributed by atoms with E-state index in [-0.39, 0.29) is 11.9 Å². The van der Waals surface area contributed by atoms with E-state index in [1.54, 1.807) is 23.0 Å². The molecule has 1 aliphatic heterocycles. The van der Waals surface area contributed by atoms with Crippen LogP contribution in [-0.4, -0.2) is 15.7 Å². The van der Waals surface area contributed by atoms with Gasteiger partial charge in [0, 0.05) is 35.9 Å². The molecular formula is C16H14Cl2N2O2. The first kappa shape index (κ1) is 15.1. The Balaban J connectivity index is 2.16. The van der Waals surface area contributed by atoms with Gasteiger partial charge in [-0.3, -0.25) is 4.68 Å². The van der Waals surface area contributed by atoms with Crippen LogP contribution < -0.4 is 0 Å². The minimum absolute atomic E-state index is 0.125. The molecule has 0 amide bonds. The summed E-state index contributed by atoms with van der Waals surface area (Å²) in [5, 5.41) is 5.04. The number of benzene rings is 1. The first-order valence-electron chi connectivity index (χ1n) is 6.76. The van der Waals surface area contributed by atoms with E-state index in [0.29, 0.717) is 15.6 Å². The normalized spacial score (nSPS) is 21.3. The zero-order valence-electron chi connectivity index (χ0n) is 12.1. The zero-order valence-corrected chi connectivity index (χ0v) is 13.6. The van der Waals surface area contributed by atoms with Gasteiger partial charge in [0.25, 0.3) is 0 Å². The second-order valence-corrected chi connectivity index (χ2v) is 6.21. The zero-order chi connectivity index (χ0) is 16.0. The smallest absolute Gasteiger partial charge is 0.334 e. The summed E-state index contributed by atoms with van der Waals surface area (Å²) in [5.41, 5.74) is 3.01. The van der Waals surface area contributed by atoms with Gasteiger partial charge in [0.15, 0.2) is 0 Å². The van der Waals surface area contributed by atoms with Crippen molar-refractivity contribution in [2.45, 2.75) is 13.0 Å². The molecule has 1 saturated heterocycles. The van der Waals surface area contributed by atoms with Gasteiger partial charge >= 0.3 is 5.97 Å². The van der Waals surface area contributed by atoms with Crippen LogP contribution in [0.1, 0.15) is 18.6 Å². The van der Waals surface area contributed by atoms with Gasteiger partial charge in [0.1, 0.15) is 6.10 Å². The summed E-state index contributed by atoms with van der Waals surface area (Å²) in [6.07, 6.45) is 3.18. The molecule has 0 N–H and O–H groups in total. The second-order valence-electron chi connectivity index (χ2n) is 5.40. The molecule has 1 aromatic carbocycles. The number of nitrogens with zero attached hydrogens (tertiary/aromatic N) is 2. The molecule has 4 nitrogen and oxygen atoms in total. The topological polar surface area (TPSA) is 44.1 Å². The van der Waals surface area contributed by atoms with E-state index in [2.05, 4.69) is 11.7 Å². The average Bonchev–Trinajstić information content (AvgIpc) is 3.01. The number of halogens is 2. The van der Waals surface area contributed by atoms with Crippen molar-refractivity contribution < 1.29 is 9.53 Å². The number of cyclic esters (lactones) is 1. The minimum atomic E-state index is -0.426. The maximum Gasteiger partial charge on any atom is 0.334 e. The Morgan fingerprint density at radius 1 is 1.32 bits per heavy atom. The Hall–Kier alpha value is -1.78. The summed E-state index contributed by atoms with van der Waals surface area (Å²) in [6, 6.07) is 3.52. The Morgan fingerprint density at radius 3 is 2.55 bits per heavy atom. The SMILES string of the molecule is C=C1C(=O)O[C@H](c2cc(Cl)c(Cl)cc2-c2cnn(C)c2)[C@@H]1C. The number of aryl methyl sites for hydroxylation is 1. The fourth-order valence-corrected chi connectivity index (χ4v) is 2.94. The maximum absolute atomic E-state index is 11.8. The van der Waals surface area contributed by atoms with Gasteiger partial charge in [-0.05, 0) is 17.7 Å². The number of carbonyl (C=O) groups excluding carboxylic acids is 1. The van der Waals surface area contributed by atoms with E-state index in [1.165, 1.54) is 0 Å². The number of aromatic nitrogens is 2. The van der Waals surface area contributed by atoms with Crippen molar-refractivity contribution in [3.05, 3.63) is 52.3 Å². The monoisotopic (exact) mass is 336 g/mol. The van der Waals surface area contributed by atoms with Crippen LogP contribution in [0.5, 0.6) is 0 Å². The Morgan fingerprint density at radius 2 is 2.00 bits per heavy atom. The van der Waals surface area contributed by atoms with E-state index in [0.717, 1.165) is 16.7 Å². The van der Waals surface area contributed by atoms with Crippen LogP contribution in [0, 0.1) is 5.92 Å². The van der Waals surface area contributed by atoms with Gasteiger partial charge in [0.05, 0.1) is 16.2 Å². The molecule has 0 spiro atoms. The number of rotatable bonds is 2. The molecule has 0 aliphatic carbocycles. The van der Waals surface area contributed by atoms with E-state index in [4.69, 9.17) is 27.9 Å². The van der Waals surface area contributed by atoms with Gasteiger partial charge in [-0.15, -0.1) is 0 Å². The Bertz CT molecular complexity index is 782. The second kappa shape index (κ2) is 5.45. The summed E-state index contributed by atoms with van der Waals surface area (Å²) in [5.74, 6) is -0.499. The number of hydrogen-bond donors (Lipinski definition) is 0. The largest absolute Gasteiger partial charge is 0.453 e. The molecule has 22 heavy (non-hydrogen) atoms. The van der Waals surface area contributed by atoms with Crippen molar-refractivity contribution >= 4 is 29.2 Å². The lowest BCUT2D eigenvalue weighted by molar-refractivity contribution is -0.139. The first-order chi connectivity index (χ1) is 10.4. The summed E-state index contributed by atoms with van der Waals surface area (Å²) in [6.45, 7) is 5.70. The highest BCUT2D eigenvalue weighted by atomic mass is 35.5. The standard InChI is InChI=1S/C16H14Cl2N2O2/c1-8-9(2)16(21)22-15(8)12-5-14(18)13(17)4-11(12)10-6-19-20(3)7-10/h4-8,15H,2H2,1,3H3/t8-,15+/m1/s1. The molecule has 2 aromatic rings. The molecule has 6 heteroatoms. The summed E-state index contributed by atoms with van der Waals surface area (Å²) >= 11 is 12.3. The lowest BCUT2D eigenvalue weighted by Crippen LogP contribution is -2.06. The van der Waals surface area contributed by atoms with Crippen molar-refractivity contribution in [3.63, 3.8) is 0 Å². The third kappa shape index (κ3) is 2.42. The van der Waals surface area contributed by atoms with Crippen LogP contribution in [0.4, 0.5) is 0 Å². The van der Waals surface area contributed by atoms with E-state index >= 15 is 0 Å². The number of ether oxygens (including phenoxy) is 1. The Kier molecular flexibility index (Phi) is 3.75. The van der Waals surface area contributed by atoms with Gasteiger partial charge in [-0.25, -0.2) is 4.79 Å². The number of carbonyl (C=O) groups is 1. The highest BCUT2D eigenvalue weighted by molar-refractivity contribution is 6.42. The van der Waals surface area contributed by atoms with Crippen LogP contribution in [0.15, 0.2) is 36.7 Å². The average molecular weight is 337 g/mol. The molecule has 3 rings (SSSR count). The highest BCUT2D eigenvalue weighted by Gasteiger charge is 2.38. The third-order valence-corrected chi connectivity index (χ3v) is 4.64. The molecule has 0 saturated carbocycles. The lowest BCUT2D eigenvalue weighted by Gasteiger charge is -2.18. The molecule has 0 radical (unpaired) electrons. The fraction of sp³-hybridized carbons (Fsp3) is 0.250. The van der Waals surface area contributed by atoms with Crippen molar-refractivity contribution in [3.8, 4) is 11.1 Å². The molecule has 1 aliphatic rings. The molecule has 2 heterocycles. The number of esters is 1. The van der Waals surface area contributed by atoms with Crippen LogP contribution in [-0.2, 0) is 16.6 Å². The van der Waals surface area contributed by atoms with Gasteiger partial charge in [-0.1, -0.05) is 36.7 Å². The molecule has 0 bridgehead atoms. The number of hydrogen-bond acceptors (Lipinski definition) is 3. The molecular weight excluding hydrogens is 323 g/mol. The van der Waals surface area contributed by atoms with E-state index in [9.17, 15) is 4.79 Å². The van der Waals surface area contributed by atoms with E-state index in [1.807, 2.05) is 20.2 Å². The van der Waals surface area contributed by atoms with Gasteiger partial charge in [-0.2, -0.15) is 5.10 Å². The predicted octanol–water partition coefficient (Wildman–Crippen LogP) is 4.18. The van der Waals surface area contributed by atoms with Crippen molar-refractivity contribution in [1.82, 2.24) is 9.78 Å². The van der Waals surface area contributed by atoms with Crippen LogP contribution >= 0.6 is 23.2 Å². The summed E-state index contributed by atoms with van der Waals surface area (Å²) < 4.78 is 7.17. The Labute approximate surface area is 138 Å². The quantitative estimate of drug-likeness (QED) is 0.610. The summed E-state index contributed by atoms with van der Waals surface area (Å²) in [4.78, 5) is 11.8. The van der Waals surface area contributed by atoms with Crippen LogP contribution in [0.3, 0.4) is 0 Å².